The predicted molar refractivity (Wildman–Crippen MR) is 61.2 cm³/mol. The van der Waals surface area contributed by atoms with Gasteiger partial charge in [0, 0.05) is 18.3 Å². The third-order valence-corrected chi connectivity index (χ3v) is 3.37. The van der Waals surface area contributed by atoms with E-state index in [9.17, 15) is 8.42 Å². The standard InChI is InChI=1S/C10H23NO2S/c1-8(2)11-10(4)9(3)6-7-14(5,12)13/h8-11H,6-7H2,1-5H3. The number of rotatable bonds is 6. The van der Waals surface area contributed by atoms with E-state index in [0.717, 1.165) is 6.42 Å². The summed E-state index contributed by atoms with van der Waals surface area (Å²) in [4.78, 5) is 0. The molecule has 0 amide bonds. The minimum atomic E-state index is -2.81. The van der Waals surface area contributed by atoms with Gasteiger partial charge in [0.15, 0.2) is 0 Å². The molecule has 0 saturated carbocycles. The van der Waals surface area contributed by atoms with Crippen molar-refractivity contribution >= 4 is 9.84 Å². The van der Waals surface area contributed by atoms with Crippen molar-refractivity contribution in [3.05, 3.63) is 0 Å². The van der Waals surface area contributed by atoms with Gasteiger partial charge >= 0.3 is 0 Å². The number of sulfone groups is 1. The average Bonchev–Trinajstić information content (AvgIpc) is 1.97. The zero-order valence-corrected chi connectivity index (χ0v) is 10.7. The van der Waals surface area contributed by atoms with Crippen molar-refractivity contribution in [2.75, 3.05) is 12.0 Å². The van der Waals surface area contributed by atoms with Crippen LogP contribution in [-0.2, 0) is 9.84 Å². The number of nitrogens with one attached hydrogen (secondary N) is 1. The summed E-state index contributed by atoms with van der Waals surface area (Å²) in [5, 5.41) is 3.38. The highest BCUT2D eigenvalue weighted by Gasteiger charge is 2.14. The summed E-state index contributed by atoms with van der Waals surface area (Å²) < 4.78 is 21.9. The van der Waals surface area contributed by atoms with Gasteiger partial charge in [-0.25, -0.2) is 8.42 Å². The third kappa shape index (κ3) is 7.33. The Kier molecular flexibility index (Phi) is 5.67. The molecule has 2 atom stereocenters. The molecule has 0 bridgehead atoms. The second-order valence-electron chi connectivity index (χ2n) is 4.51. The second-order valence-corrected chi connectivity index (χ2v) is 6.77. The third-order valence-electron chi connectivity index (χ3n) is 2.39. The van der Waals surface area contributed by atoms with E-state index >= 15 is 0 Å². The molecule has 0 radical (unpaired) electrons. The average molecular weight is 221 g/mol. The first-order valence-corrected chi connectivity index (χ1v) is 7.22. The van der Waals surface area contributed by atoms with Crippen LogP contribution in [0.4, 0.5) is 0 Å². The van der Waals surface area contributed by atoms with Gasteiger partial charge in [0.1, 0.15) is 9.84 Å². The van der Waals surface area contributed by atoms with E-state index in [-0.39, 0.29) is 5.75 Å². The highest BCUT2D eigenvalue weighted by Crippen LogP contribution is 2.09. The lowest BCUT2D eigenvalue weighted by Gasteiger charge is -2.23. The van der Waals surface area contributed by atoms with Gasteiger partial charge in [-0.05, 0) is 19.3 Å². The van der Waals surface area contributed by atoms with Gasteiger partial charge in [0.05, 0.1) is 5.75 Å². The Labute approximate surface area is 88.2 Å². The molecule has 3 nitrogen and oxygen atoms in total. The first-order chi connectivity index (χ1) is 6.22. The van der Waals surface area contributed by atoms with Crippen molar-refractivity contribution in [2.45, 2.75) is 46.2 Å². The number of hydrogen-bond acceptors (Lipinski definition) is 3. The first-order valence-electron chi connectivity index (χ1n) is 5.16. The van der Waals surface area contributed by atoms with E-state index in [0.29, 0.717) is 18.0 Å². The van der Waals surface area contributed by atoms with Gasteiger partial charge in [0.2, 0.25) is 0 Å². The van der Waals surface area contributed by atoms with Gasteiger partial charge in [-0.15, -0.1) is 0 Å². The lowest BCUT2D eigenvalue weighted by Crippen LogP contribution is -2.37. The Hall–Kier alpha value is -0.0900. The highest BCUT2D eigenvalue weighted by atomic mass is 32.2. The lowest BCUT2D eigenvalue weighted by molar-refractivity contribution is 0.366. The van der Waals surface area contributed by atoms with Crippen LogP contribution in [0, 0.1) is 5.92 Å². The molecular weight excluding hydrogens is 198 g/mol. The fourth-order valence-electron chi connectivity index (χ4n) is 1.34. The van der Waals surface area contributed by atoms with Crippen molar-refractivity contribution in [2.24, 2.45) is 5.92 Å². The minimum Gasteiger partial charge on any atom is -0.312 e. The largest absolute Gasteiger partial charge is 0.312 e. The van der Waals surface area contributed by atoms with Crippen LogP contribution in [0.5, 0.6) is 0 Å². The monoisotopic (exact) mass is 221 g/mol. The summed E-state index contributed by atoms with van der Waals surface area (Å²) in [5.74, 6) is 0.685. The summed E-state index contributed by atoms with van der Waals surface area (Å²) in [6, 6.07) is 0.822. The smallest absolute Gasteiger partial charge is 0.147 e. The Balaban J connectivity index is 3.90. The molecule has 0 rings (SSSR count). The van der Waals surface area contributed by atoms with E-state index in [2.05, 4.69) is 33.0 Å². The maximum atomic E-state index is 11.0. The molecule has 2 unspecified atom stereocenters. The van der Waals surface area contributed by atoms with Crippen LogP contribution in [0.15, 0.2) is 0 Å². The van der Waals surface area contributed by atoms with Crippen molar-refractivity contribution in [3.8, 4) is 0 Å². The summed E-state index contributed by atoms with van der Waals surface area (Å²) in [5.41, 5.74) is 0. The molecule has 0 aliphatic heterocycles. The van der Waals surface area contributed by atoms with Gasteiger partial charge in [0.25, 0.3) is 0 Å². The zero-order valence-electron chi connectivity index (χ0n) is 9.87. The molecule has 0 saturated heterocycles. The van der Waals surface area contributed by atoms with Crippen LogP contribution < -0.4 is 5.32 Å². The Morgan fingerprint density at radius 2 is 1.64 bits per heavy atom. The van der Waals surface area contributed by atoms with Crippen LogP contribution >= 0.6 is 0 Å². The van der Waals surface area contributed by atoms with Crippen LogP contribution in [0.1, 0.15) is 34.1 Å². The van der Waals surface area contributed by atoms with Gasteiger partial charge in [-0.1, -0.05) is 20.8 Å². The van der Waals surface area contributed by atoms with Gasteiger partial charge < -0.3 is 5.32 Å². The molecule has 0 aromatic rings. The fraction of sp³-hybridized carbons (Fsp3) is 1.00. The van der Waals surface area contributed by atoms with Crippen LogP contribution in [0.25, 0.3) is 0 Å². The van der Waals surface area contributed by atoms with Crippen LogP contribution in [0.2, 0.25) is 0 Å². The summed E-state index contributed by atoms with van der Waals surface area (Å²) >= 11 is 0. The van der Waals surface area contributed by atoms with E-state index in [1.807, 2.05) is 0 Å². The molecule has 0 aliphatic carbocycles. The highest BCUT2D eigenvalue weighted by molar-refractivity contribution is 7.90. The molecule has 4 heteroatoms. The molecule has 0 spiro atoms. The van der Waals surface area contributed by atoms with Crippen molar-refractivity contribution in [3.63, 3.8) is 0 Å². The summed E-state index contributed by atoms with van der Waals surface area (Å²) in [6.45, 7) is 8.39. The van der Waals surface area contributed by atoms with Gasteiger partial charge in [-0.3, -0.25) is 0 Å². The van der Waals surface area contributed by atoms with Crippen molar-refractivity contribution < 1.29 is 8.42 Å². The summed E-state index contributed by atoms with van der Waals surface area (Å²) in [6.07, 6.45) is 2.03. The van der Waals surface area contributed by atoms with E-state index in [1.54, 1.807) is 0 Å². The molecule has 86 valence electrons. The van der Waals surface area contributed by atoms with Crippen molar-refractivity contribution in [1.82, 2.24) is 5.32 Å². The van der Waals surface area contributed by atoms with E-state index in [4.69, 9.17) is 0 Å². The SMILES string of the molecule is CC(C)NC(C)C(C)CCS(C)(=O)=O. The van der Waals surface area contributed by atoms with Crippen molar-refractivity contribution in [1.29, 1.82) is 0 Å². The molecule has 0 heterocycles. The normalized spacial score (nSPS) is 17.0. The molecule has 0 fully saturated rings. The Bertz CT molecular complexity index is 247. The second kappa shape index (κ2) is 5.71. The molecule has 0 aromatic heterocycles. The maximum Gasteiger partial charge on any atom is 0.147 e. The molecule has 0 aromatic carbocycles. The quantitative estimate of drug-likeness (QED) is 0.738. The Morgan fingerprint density at radius 1 is 1.14 bits per heavy atom. The molecule has 1 N–H and O–H groups in total. The minimum absolute atomic E-state index is 0.290. The first kappa shape index (κ1) is 13.9. The topological polar surface area (TPSA) is 46.2 Å². The van der Waals surface area contributed by atoms with Gasteiger partial charge in [-0.2, -0.15) is 0 Å². The van der Waals surface area contributed by atoms with Crippen LogP contribution in [-0.4, -0.2) is 32.5 Å². The lowest BCUT2D eigenvalue weighted by atomic mass is 10.0. The molecule has 14 heavy (non-hydrogen) atoms. The van der Waals surface area contributed by atoms with E-state index in [1.165, 1.54) is 6.26 Å². The maximum absolute atomic E-state index is 11.0. The number of hydrogen-bond donors (Lipinski definition) is 1. The van der Waals surface area contributed by atoms with Crippen LogP contribution in [0.3, 0.4) is 0 Å². The van der Waals surface area contributed by atoms with E-state index < -0.39 is 9.84 Å². The Morgan fingerprint density at radius 3 is 2.00 bits per heavy atom. The summed E-state index contributed by atoms with van der Waals surface area (Å²) in [7, 11) is -2.81. The molecular formula is C10H23NO2S. The zero-order chi connectivity index (χ0) is 11.4. The fourth-order valence-corrected chi connectivity index (χ4v) is 2.14. The molecule has 0 aliphatic rings. The predicted octanol–water partition coefficient (Wildman–Crippen LogP) is 1.44.